The third-order valence-electron chi connectivity index (χ3n) is 9.68. The number of rotatable bonds is 6. The molecule has 7 heteroatoms. The molecule has 0 radical (unpaired) electrons. The molecule has 0 aromatic carbocycles. The van der Waals surface area contributed by atoms with Crippen molar-refractivity contribution in [2.45, 2.75) is 62.4 Å². The molecule has 7 rings (SSSR count). The van der Waals surface area contributed by atoms with Crippen molar-refractivity contribution in [3.05, 3.63) is 71.9 Å². The van der Waals surface area contributed by atoms with Gasteiger partial charge < -0.3 is 0 Å². The smallest absolute Gasteiger partial charge is 0.150 e. The molecule has 5 aliphatic carbocycles. The second kappa shape index (κ2) is 8.64. The maximum absolute atomic E-state index is 4.80. The normalized spacial score (nSPS) is 34.1. The molecule has 4 nitrogen and oxygen atoms in total. The fourth-order valence-electron chi connectivity index (χ4n) is 8.09. The van der Waals surface area contributed by atoms with Crippen LogP contribution in [0.3, 0.4) is 0 Å². The molecule has 0 amide bonds. The first-order valence-electron chi connectivity index (χ1n) is 13.3. The van der Waals surface area contributed by atoms with Crippen LogP contribution in [0.4, 0.5) is 0 Å². The van der Waals surface area contributed by atoms with Crippen LogP contribution in [0.25, 0.3) is 0 Å². The van der Waals surface area contributed by atoms with Gasteiger partial charge in [-0.1, -0.05) is 31.8 Å². The summed E-state index contributed by atoms with van der Waals surface area (Å²) in [6.07, 6.45) is 20.9. The molecule has 184 valence electrons. The number of hydrogen-bond donors (Lipinski definition) is 0. The lowest BCUT2D eigenvalue weighted by atomic mass is 9.43. The van der Waals surface area contributed by atoms with Gasteiger partial charge in [0.25, 0.3) is 0 Å². The highest BCUT2D eigenvalue weighted by atomic mass is 31.0. The lowest BCUT2D eigenvalue weighted by Gasteiger charge is -2.62. The molecule has 4 fully saturated rings. The Hall–Kier alpha value is -1.28. The Bertz CT molecular complexity index is 1090. The van der Waals surface area contributed by atoms with Gasteiger partial charge in [-0.2, -0.15) is 0 Å². The number of aromatic nitrogens is 4. The summed E-state index contributed by atoms with van der Waals surface area (Å²) in [4.78, 5) is 19.2. The molecule has 35 heavy (non-hydrogen) atoms. The zero-order valence-electron chi connectivity index (χ0n) is 21.2. The van der Waals surface area contributed by atoms with E-state index in [0.717, 1.165) is 41.5 Å². The monoisotopic (exact) mass is 520 g/mol. The largest absolute Gasteiger partial charge is 0.240 e. The van der Waals surface area contributed by atoms with Gasteiger partial charge in [0, 0.05) is 30.2 Å². The predicted molar refractivity (Wildman–Crippen MR) is 152 cm³/mol. The van der Waals surface area contributed by atoms with Crippen molar-refractivity contribution in [3.63, 3.8) is 0 Å². The van der Waals surface area contributed by atoms with Gasteiger partial charge >= 0.3 is 0 Å². The third kappa shape index (κ3) is 3.67. The minimum absolute atomic E-state index is 0.212. The van der Waals surface area contributed by atoms with Crippen molar-refractivity contribution in [1.29, 1.82) is 0 Å². The molecule has 0 N–H and O–H groups in total. The fourth-order valence-corrected chi connectivity index (χ4v) is 10.9. The maximum Gasteiger partial charge on any atom is 0.150 e. The highest BCUT2D eigenvalue weighted by Gasteiger charge is 2.60. The molecule has 3 unspecified atom stereocenters. The molecule has 2 aromatic heterocycles. The second-order valence-electron chi connectivity index (χ2n) is 12.6. The fraction of sp³-hybridized carbons (Fsp3) is 0.571. The predicted octanol–water partition coefficient (Wildman–Crippen LogP) is 6.28. The molecular weight excluding hydrogens is 482 g/mol. The molecule has 5 aliphatic rings. The highest BCUT2D eigenvalue weighted by molar-refractivity contribution is 7.19. The average molecular weight is 521 g/mol. The summed E-state index contributed by atoms with van der Waals surface area (Å²) in [6, 6.07) is 3.79. The molecule has 0 saturated heterocycles. The van der Waals surface area contributed by atoms with Crippen LogP contribution in [-0.4, -0.2) is 34.2 Å². The lowest BCUT2D eigenvalue weighted by molar-refractivity contribution is -0.0736. The van der Waals surface area contributed by atoms with Gasteiger partial charge in [-0.15, -0.1) is 18.5 Å². The van der Waals surface area contributed by atoms with Crippen molar-refractivity contribution >= 4 is 26.6 Å². The Balaban J connectivity index is 1.57. The summed E-state index contributed by atoms with van der Waals surface area (Å²) < 4.78 is 0. The van der Waals surface area contributed by atoms with Gasteiger partial charge in [0.15, 0.2) is 0 Å². The number of nitrogens with zero attached hydrogens (tertiary/aromatic N) is 4. The summed E-state index contributed by atoms with van der Waals surface area (Å²) >= 11 is 0. The number of allylic oxidation sites excluding steroid dienone is 4. The van der Waals surface area contributed by atoms with Crippen molar-refractivity contribution in [2.75, 3.05) is 6.16 Å². The van der Waals surface area contributed by atoms with Gasteiger partial charge in [0.2, 0.25) is 0 Å². The third-order valence-corrected chi connectivity index (χ3v) is 13.5. The van der Waals surface area contributed by atoms with Gasteiger partial charge in [0.05, 0.1) is 8.07 Å². The Kier molecular flexibility index (Phi) is 5.94. The van der Waals surface area contributed by atoms with Crippen molar-refractivity contribution in [1.82, 2.24) is 19.9 Å². The van der Waals surface area contributed by atoms with Gasteiger partial charge in [-0.25, -0.2) is 19.9 Å². The van der Waals surface area contributed by atoms with Gasteiger partial charge in [0.1, 0.15) is 16.8 Å². The van der Waals surface area contributed by atoms with Crippen LogP contribution in [-0.2, 0) is 5.16 Å². The molecule has 0 aliphatic heterocycles. The van der Waals surface area contributed by atoms with Crippen LogP contribution in [0.2, 0.25) is 25.2 Å². The lowest BCUT2D eigenvalue weighted by Crippen LogP contribution is -2.55. The van der Waals surface area contributed by atoms with Crippen LogP contribution in [0.15, 0.2) is 60.2 Å². The van der Waals surface area contributed by atoms with E-state index in [2.05, 4.69) is 50.3 Å². The van der Waals surface area contributed by atoms with E-state index >= 15 is 0 Å². The standard InChI is InChI=1S/C28H38N4P2Si/c1-35(2,3)22-15-23(27(17-33)20-11-18-10-19(13-20)14-21(27)12-18)24(16-22)28(34,25-29-6-4-7-30-25)26-31-8-5-9-32-26/h4-9,15-16,18-22H,10-14,17,33-34H2,1-3H3. The Morgan fingerprint density at radius 2 is 1.31 bits per heavy atom. The van der Waals surface area contributed by atoms with E-state index in [9.17, 15) is 0 Å². The zero-order chi connectivity index (χ0) is 24.4. The summed E-state index contributed by atoms with van der Waals surface area (Å²) in [5.74, 6) is 4.97. The molecule has 0 spiro atoms. The topological polar surface area (TPSA) is 51.6 Å². The van der Waals surface area contributed by atoms with E-state index in [1.165, 1.54) is 37.7 Å². The SMILES string of the molecule is C[Si](C)(C)C1C=C(C(P)(c2ncccn2)c2ncccn2)C(C2(CP)C3CC4CC(C3)CC2C4)=C1. The summed E-state index contributed by atoms with van der Waals surface area (Å²) in [5.41, 5.74) is 3.63. The molecule has 4 bridgehead atoms. The van der Waals surface area contributed by atoms with E-state index in [-0.39, 0.29) is 5.41 Å². The van der Waals surface area contributed by atoms with Crippen LogP contribution in [0.1, 0.15) is 43.8 Å². The summed E-state index contributed by atoms with van der Waals surface area (Å²) in [7, 11) is 4.86. The number of hydrogen-bond acceptors (Lipinski definition) is 4. The minimum atomic E-state index is -1.49. The summed E-state index contributed by atoms with van der Waals surface area (Å²) in [6.45, 7) is 7.49. The van der Waals surface area contributed by atoms with Crippen molar-refractivity contribution in [2.24, 2.45) is 29.1 Å². The molecule has 3 atom stereocenters. The van der Waals surface area contributed by atoms with Crippen molar-refractivity contribution in [3.8, 4) is 0 Å². The highest BCUT2D eigenvalue weighted by Crippen LogP contribution is 2.69. The first kappa shape index (κ1) is 24.1. The molecule has 2 heterocycles. The average Bonchev–Trinajstić information content (AvgIpc) is 3.32. The van der Waals surface area contributed by atoms with Gasteiger partial charge in [-0.05, 0) is 90.8 Å². The van der Waals surface area contributed by atoms with Crippen LogP contribution in [0.5, 0.6) is 0 Å². The van der Waals surface area contributed by atoms with Crippen molar-refractivity contribution < 1.29 is 0 Å². The Morgan fingerprint density at radius 3 is 1.74 bits per heavy atom. The van der Waals surface area contributed by atoms with E-state index in [1.807, 2.05) is 36.9 Å². The first-order valence-corrected chi connectivity index (χ1v) is 18.2. The van der Waals surface area contributed by atoms with Gasteiger partial charge in [-0.3, -0.25) is 0 Å². The Labute approximate surface area is 215 Å². The zero-order valence-corrected chi connectivity index (χ0v) is 24.5. The quantitative estimate of drug-likeness (QED) is 0.332. The molecule has 2 aromatic rings. The molecule has 4 saturated carbocycles. The first-order chi connectivity index (χ1) is 16.8. The van der Waals surface area contributed by atoms with Crippen LogP contribution >= 0.6 is 18.5 Å². The van der Waals surface area contributed by atoms with E-state index < -0.39 is 13.2 Å². The van der Waals surface area contributed by atoms with E-state index in [1.54, 1.807) is 5.57 Å². The van der Waals surface area contributed by atoms with Crippen LogP contribution in [0, 0.1) is 29.1 Å². The Morgan fingerprint density at radius 1 is 0.829 bits per heavy atom. The minimum Gasteiger partial charge on any atom is -0.240 e. The van der Waals surface area contributed by atoms with E-state index in [0.29, 0.717) is 5.54 Å². The second-order valence-corrected chi connectivity index (χ2v) is 19.2. The van der Waals surface area contributed by atoms with Crippen LogP contribution < -0.4 is 0 Å². The molecular formula is C28H38N4P2Si. The van der Waals surface area contributed by atoms with E-state index in [4.69, 9.17) is 19.9 Å². The summed E-state index contributed by atoms with van der Waals surface area (Å²) in [5, 5.41) is -0.662. The maximum atomic E-state index is 4.80.